The van der Waals surface area contributed by atoms with Gasteiger partial charge in [-0.2, -0.15) is 0 Å². The number of fused-ring (bicyclic) bond motifs is 1. The highest BCUT2D eigenvalue weighted by molar-refractivity contribution is 5.79. The summed E-state index contributed by atoms with van der Waals surface area (Å²) in [4.78, 5) is 21.6. The third-order valence-electron chi connectivity index (χ3n) is 4.20. The lowest BCUT2D eigenvalue weighted by molar-refractivity contribution is -0.384. The lowest BCUT2D eigenvalue weighted by Crippen LogP contribution is -2.06. The summed E-state index contributed by atoms with van der Waals surface area (Å²) in [5.74, 6) is 1.56. The topological polar surface area (TPSA) is 90.7 Å². The molecule has 0 unspecified atom stereocenters. The second kappa shape index (κ2) is 7.43. The van der Waals surface area contributed by atoms with Crippen LogP contribution in [-0.2, 0) is 13.0 Å². The van der Waals surface area contributed by atoms with Crippen molar-refractivity contribution in [3.63, 3.8) is 0 Å². The zero-order valence-corrected chi connectivity index (χ0v) is 14.7. The number of nitro benzene ring substituents is 1. The van der Waals surface area contributed by atoms with Gasteiger partial charge in [0.1, 0.15) is 29.6 Å². The van der Waals surface area contributed by atoms with Crippen molar-refractivity contribution in [1.82, 2.24) is 0 Å². The number of carbonyl (C=O) groups excluding carboxylic acids is 1. The minimum atomic E-state index is -0.508. The van der Waals surface area contributed by atoms with Gasteiger partial charge in [0.05, 0.1) is 11.5 Å². The molecule has 26 heavy (non-hydrogen) atoms. The number of nitro groups is 1. The molecule has 0 saturated heterocycles. The second-order valence-corrected chi connectivity index (χ2v) is 6.14. The van der Waals surface area contributed by atoms with Gasteiger partial charge in [-0.3, -0.25) is 14.9 Å². The number of hydrogen-bond acceptors (Lipinski definition) is 6. The Labute approximate surface area is 151 Å². The Morgan fingerprint density at radius 2 is 2.19 bits per heavy atom. The molecular weight excluding hydrogens is 336 g/mol. The van der Waals surface area contributed by atoms with Crippen molar-refractivity contribution < 1.29 is 19.2 Å². The number of anilines is 1. The molecule has 7 heteroatoms. The van der Waals surface area contributed by atoms with Crippen molar-refractivity contribution in [3.8, 4) is 11.5 Å². The van der Waals surface area contributed by atoms with Gasteiger partial charge in [-0.15, -0.1) is 0 Å². The molecule has 136 valence electrons. The summed E-state index contributed by atoms with van der Waals surface area (Å²) < 4.78 is 11.5. The number of hydrogen-bond donors (Lipinski definition) is 1. The fraction of sp³-hybridized carbons (Fsp3) is 0.316. The van der Waals surface area contributed by atoms with Crippen LogP contribution >= 0.6 is 0 Å². The van der Waals surface area contributed by atoms with Crippen LogP contribution in [0.25, 0.3) is 0 Å². The van der Waals surface area contributed by atoms with Gasteiger partial charge >= 0.3 is 0 Å². The van der Waals surface area contributed by atoms with E-state index >= 15 is 0 Å². The monoisotopic (exact) mass is 356 g/mol. The first-order valence-electron chi connectivity index (χ1n) is 8.44. The number of benzene rings is 2. The molecule has 0 aliphatic carbocycles. The van der Waals surface area contributed by atoms with E-state index in [0.717, 1.165) is 29.0 Å². The van der Waals surface area contributed by atoms with E-state index in [1.54, 1.807) is 6.07 Å². The minimum absolute atomic E-state index is 0.125. The molecule has 1 atom stereocenters. The Kier molecular flexibility index (Phi) is 5.06. The van der Waals surface area contributed by atoms with Gasteiger partial charge < -0.3 is 14.8 Å². The fourth-order valence-corrected chi connectivity index (χ4v) is 3.02. The van der Waals surface area contributed by atoms with E-state index in [9.17, 15) is 14.9 Å². The van der Waals surface area contributed by atoms with Crippen LogP contribution < -0.4 is 14.8 Å². The quantitative estimate of drug-likeness (QED) is 0.462. The van der Waals surface area contributed by atoms with Crippen LogP contribution in [0, 0.1) is 10.1 Å². The van der Waals surface area contributed by atoms with Crippen LogP contribution in [-0.4, -0.2) is 23.9 Å². The highest BCUT2D eigenvalue weighted by atomic mass is 16.6. The number of aldehydes is 1. The summed E-state index contributed by atoms with van der Waals surface area (Å²) in [6.07, 6.45) is 1.55. The lowest BCUT2D eigenvalue weighted by atomic mass is 10.1. The smallest absolute Gasteiger partial charge is 0.293 e. The molecule has 0 fully saturated rings. The average Bonchev–Trinajstić information content (AvgIpc) is 2.98. The molecule has 2 aromatic carbocycles. The Morgan fingerprint density at radius 3 is 2.88 bits per heavy atom. The molecule has 1 N–H and O–H groups in total. The molecule has 0 amide bonds. The van der Waals surface area contributed by atoms with Crippen LogP contribution in [0.4, 0.5) is 11.4 Å². The third kappa shape index (κ3) is 3.61. The van der Waals surface area contributed by atoms with Crippen LogP contribution in [0.2, 0.25) is 0 Å². The Bertz CT molecular complexity index is 850. The molecule has 0 saturated carbocycles. The van der Waals surface area contributed by atoms with E-state index in [-0.39, 0.29) is 17.4 Å². The average molecular weight is 356 g/mol. The molecule has 1 heterocycles. The molecular formula is C19H20N2O5. The van der Waals surface area contributed by atoms with Crippen molar-refractivity contribution in [3.05, 3.63) is 57.1 Å². The maximum Gasteiger partial charge on any atom is 0.293 e. The SMILES string of the molecule is CCOc1cc2c(cc1CNc1ccc(C=O)cc1[N+](=O)[O-])O[C@@H](C)C2. The van der Waals surface area contributed by atoms with Gasteiger partial charge in [0.2, 0.25) is 0 Å². The predicted octanol–water partition coefficient (Wildman–Crippen LogP) is 3.74. The standard InChI is InChI=1S/C19H20N2O5/c1-3-25-18-8-14-6-12(2)26-19(14)9-15(18)10-20-16-5-4-13(11-22)7-17(16)21(23)24/h4-5,7-9,11-12,20H,3,6,10H2,1-2H3/t12-/m0/s1. The Hall–Kier alpha value is -3.09. The summed E-state index contributed by atoms with van der Waals surface area (Å²) in [6.45, 7) is 4.78. The summed E-state index contributed by atoms with van der Waals surface area (Å²) in [5, 5.41) is 14.3. The van der Waals surface area contributed by atoms with E-state index in [1.165, 1.54) is 12.1 Å². The third-order valence-corrected chi connectivity index (χ3v) is 4.20. The van der Waals surface area contributed by atoms with Gasteiger partial charge in [0, 0.05) is 35.7 Å². The molecule has 2 aromatic rings. The van der Waals surface area contributed by atoms with Gasteiger partial charge in [-0.1, -0.05) is 0 Å². The van der Waals surface area contributed by atoms with Crippen molar-refractivity contribution >= 4 is 17.7 Å². The Balaban J connectivity index is 1.87. The van der Waals surface area contributed by atoms with E-state index in [4.69, 9.17) is 9.47 Å². The number of nitrogens with one attached hydrogen (secondary N) is 1. The van der Waals surface area contributed by atoms with Gasteiger partial charge in [-0.25, -0.2) is 0 Å². The number of nitrogens with zero attached hydrogens (tertiary/aromatic N) is 1. The van der Waals surface area contributed by atoms with E-state index < -0.39 is 4.92 Å². The predicted molar refractivity (Wildman–Crippen MR) is 97.2 cm³/mol. The maximum absolute atomic E-state index is 11.3. The Morgan fingerprint density at radius 1 is 1.38 bits per heavy atom. The van der Waals surface area contributed by atoms with Crippen LogP contribution in [0.1, 0.15) is 35.3 Å². The van der Waals surface area contributed by atoms with E-state index in [0.29, 0.717) is 25.1 Å². The van der Waals surface area contributed by atoms with Gasteiger partial charge in [-0.05, 0) is 38.1 Å². The first-order valence-corrected chi connectivity index (χ1v) is 8.44. The minimum Gasteiger partial charge on any atom is -0.494 e. The molecule has 0 spiro atoms. The molecule has 0 bridgehead atoms. The molecule has 0 aromatic heterocycles. The second-order valence-electron chi connectivity index (χ2n) is 6.14. The number of ether oxygens (including phenoxy) is 2. The zero-order chi connectivity index (χ0) is 18.7. The highest BCUT2D eigenvalue weighted by Crippen LogP contribution is 2.36. The first kappa shape index (κ1) is 17.7. The molecule has 3 rings (SSSR count). The summed E-state index contributed by atoms with van der Waals surface area (Å²) in [6, 6.07) is 8.23. The molecule has 0 radical (unpaired) electrons. The van der Waals surface area contributed by atoms with E-state index in [1.807, 2.05) is 26.0 Å². The van der Waals surface area contributed by atoms with Crippen molar-refractivity contribution in [1.29, 1.82) is 0 Å². The van der Waals surface area contributed by atoms with Crippen molar-refractivity contribution in [2.75, 3.05) is 11.9 Å². The first-order chi connectivity index (χ1) is 12.5. The molecule has 7 nitrogen and oxygen atoms in total. The van der Waals surface area contributed by atoms with Crippen LogP contribution in [0.3, 0.4) is 0 Å². The highest BCUT2D eigenvalue weighted by Gasteiger charge is 2.22. The number of rotatable bonds is 7. The number of carbonyl (C=O) groups is 1. The van der Waals surface area contributed by atoms with Crippen LogP contribution in [0.15, 0.2) is 30.3 Å². The van der Waals surface area contributed by atoms with Gasteiger partial charge in [0.25, 0.3) is 5.69 Å². The largest absolute Gasteiger partial charge is 0.494 e. The summed E-state index contributed by atoms with van der Waals surface area (Å²) >= 11 is 0. The van der Waals surface area contributed by atoms with E-state index in [2.05, 4.69) is 5.32 Å². The van der Waals surface area contributed by atoms with Crippen molar-refractivity contribution in [2.24, 2.45) is 0 Å². The molecule has 1 aliphatic heterocycles. The zero-order valence-electron chi connectivity index (χ0n) is 14.7. The molecule has 1 aliphatic rings. The summed E-state index contributed by atoms with van der Waals surface area (Å²) in [5.41, 5.74) is 2.42. The normalized spacial score (nSPS) is 15.1. The summed E-state index contributed by atoms with van der Waals surface area (Å²) in [7, 11) is 0. The maximum atomic E-state index is 11.3. The van der Waals surface area contributed by atoms with Crippen LogP contribution in [0.5, 0.6) is 11.5 Å². The lowest BCUT2D eigenvalue weighted by Gasteiger charge is -2.14. The van der Waals surface area contributed by atoms with Gasteiger partial charge in [0.15, 0.2) is 0 Å². The fourth-order valence-electron chi connectivity index (χ4n) is 3.02. The van der Waals surface area contributed by atoms with Crippen molar-refractivity contribution in [2.45, 2.75) is 32.9 Å².